The molecule has 0 radical (unpaired) electrons. The molecule has 0 bridgehead atoms. The largest absolute Gasteiger partial charge is 0.353 e. The van der Waals surface area contributed by atoms with Crippen LogP contribution in [-0.4, -0.2) is 46.3 Å². The summed E-state index contributed by atoms with van der Waals surface area (Å²) in [5.74, 6) is -0.441. The Kier molecular flexibility index (Phi) is 4.02. The van der Waals surface area contributed by atoms with Gasteiger partial charge in [-0.05, 0) is 18.2 Å². The first-order valence-electron chi connectivity index (χ1n) is 6.77. The molecule has 1 aliphatic heterocycles. The lowest BCUT2D eigenvalue weighted by atomic mass is 10.1. The monoisotopic (exact) mass is 316 g/mol. The van der Waals surface area contributed by atoms with E-state index in [1.807, 2.05) is 12.1 Å². The number of rotatable bonds is 2. The Morgan fingerprint density at radius 2 is 2.14 bits per heavy atom. The van der Waals surface area contributed by atoms with Gasteiger partial charge in [0.05, 0.1) is 12.2 Å². The number of halogens is 1. The summed E-state index contributed by atoms with van der Waals surface area (Å²) in [5, 5.41) is 3.28. The lowest BCUT2D eigenvalue weighted by molar-refractivity contribution is -0.123. The predicted octanol–water partition coefficient (Wildman–Crippen LogP) is 1.37. The van der Waals surface area contributed by atoms with Gasteiger partial charge in [0, 0.05) is 23.7 Å². The van der Waals surface area contributed by atoms with E-state index in [1.54, 1.807) is 18.2 Å². The quantitative estimate of drug-likeness (QED) is 0.908. The molecule has 0 aliphatic carbocycles. The normalized spacial score (nSPS) is 14.6. The van der Waals surface area contributed by atoms with Gasteiger partial charge in [-0.1, -0.05) is 23.7 Å². The van der Waals surface area contributed by atoms with Crippen molar-refractivity contribution >= 4 is 23.4 Å². The molecule has 1 N–H and O–H groups in total. The zero-order valence-corrected chi connectivity index (χ0v) is 12.4. The van der Waals surface area contributed by atoms with Crippen molar-refractivity contribution in [2.75, 3.05) is 19.6 Å². The van der Waals surface area contributed by atoms with Gasteiger partial charge >= 0.3 is 0 Å². The Morgan fingerprint density at radius 1 is 1.27 bits per heavy atom. The Bertz CT molecular complexity index is 735. The highest BCUT2D eigenvalue weighted by Crippen LogP contribution is 2.21. The van der Waals surface area contributed by atoms with E-state index in [1.165, 1.54) is 11.2 Å². The zero-order chi connectivity index (χ0) is 15.5. The molecule has 112 valence electrons. The molecule has 0 unspecified atom stereocenters. The number of amides is 2. The second kappa shape index (κ2) is 6.11. The highest BCUT2D eigenvalue weighted by Gasteiger charge is 2.23. The smallest absolute Gasteiger partial charge is 0.273 e. The molecule has 1 aliphatic rings. The van der Waals surface area contributed by atoms with Crippen molar-refractivity contribution < 1.29 is 9.59 Å². The highest BCUT2D eigenvalue weighted by molar-refractivity contribution is 6.30. The Labute approximate surface area is 132 Å². The molecular weight excluding hydrogens is 304 g/mol. The van der Waals surface area contributed by atoms with Crippen LogP contribution in [0.3, 0.4) is 0 Å². The van der Waals surface area contributed by atoms with E-state index in [0.29, 0.717) is 23.8 Å². The fourth-order valence-corrected chi connectivity index (χ4v) is 2.44. The van der Waals surface area contributed by atoms with E-state index in [0.717, 1.165) is 5.56 Å². The minimum atomic E-state index is -0.277. The van der Waals surface area contributed by atoms with Crippen LogP contribution in [0.15, 0.2) is 36.7 Å². The van der Waals surface area contributed by atoms with Gasteiger partial charge in [-0.15, -0.1) is 0 Å². The van der Waals surface area contributed by atoms with E-state index in [-0.39, 0.29) is 24.1 Å². The summed E-state index contributed by atoms with van der Waals surface area (Å²) in [6.07, 6.45) is 1.34. The van der Waals surface area contributed by atoms with Crippen molar-refractivity contribution in [3.8, 4) is 11.3 Å². The zero-order valence-electron chi connectivity index (χ0n) is 11.6. The average molecular weight is 317 g/mol. The molecule has 2 aromatic rings. The first-order chi connectivity index (χ1) is 10.6. The number of nitrogens with zero attached hydrogens (tertiary/aromatic N) is 3. The SMILES string of the molecule is O=C1CN(C(=O)c2cc(-c3cccc(Cl)c3)ncn2)CCN1. The number of piperazine rings is 1. The highest BCUT2D eigenvalue weighted by atomic mass is 35.5. The third-order valence-electron chi connectivity index (χ3n) is 3.33. The summed E-state index contributed by atoms with van der Waals surface area (Å²) in [4.78, 5) is 33.5. The Hall–Kier alpha value is -2.47. The molecular formula is C15H13ClN4O2. The summed E-state index contributed by atoms with van der Waals surface area (Å²) in [7, 11) is 0. The number of aromatic nitrogens is 2. The summed E-state index contributed by atoms with van der Waals surface area (Å²) in [6.45, 7) is 0.979. The maximum Gasteiger partial charge on any atom is 0.273 e. The van der Waals surface area contributed by atoms with Gasteiger partial charge in [0.2, 0.25) is 5.91 Å². The van der Waals surface area contributed by atoms with Gasteiger partial charge in [0.1, 0.15) is 12.0 Å². The standard InChI is InChI=1S/C15H13ClN4O2/c16-11-3-1-2-10(6-11)12-7-13(19-9-18-12)15(22)20-5-4-17-14(21)8-20/h1-3,6-7,9H,4-5,8H2,(H,17,21). The molecule has 6 nitrogen and oxygen atoms in total. The molecule has 1 fully saturated rings. The molecule has 7 heteroatoms. The van der Waals surface area contributed by atoms with Gasteiger partial charge in [-0.25, -0.2) is 9.97 Å². The fraction of sp³-hybridized carbons (Fsp3) is 0.200. The summed E-state index contributed by atoms with van der Waals surface area (Å²) in [5.41, 5.74) is 1.68. The average Bonchev–Trinajstić information content (AvgIpc) is 2.54. The number of hydrogen-bond donors (Lipinski definition) is 1. The predicted molar refractivity (Wildman–Crippen MR) is 81.4 cm³/mol. The van der Waals surface area contributed by atoms with Crippen molar-refractivity contribution in [1.29, 1.82) is 0 Å². The Morgan fingerprint density at radius 3 is 2.91 bits per heavy atom. The molecule has 2 heterocycles. The minimum Gasteiger partial charge on any atom is -0.353 e. The number of benzene rings is 1. The molecule has 0 atom stereocenters. The fourth-order valence-electron chi connectivity index (χ4n) is 2.25. The van der Waals surface area contributed by atoms with E-state index in [2.05, 4.69) is 15.3 Å². The van der Waals surface area contributed by atoms with Gasteiger partial charge in [-0.2, -0.15) is 0 Å². The van der Waals surface area contributed by atoms with Crippen LogP contribution in [0.4, 0.5) is 0 Å². The molecule has 0 saturated carbocycles. The molecule has 1 aromatic carbocycles. The van der Waals surface area contributed by atoms with Gasteiger partial charge in [0.15, 0.2) is 0 Å². The summed E-state index contributed by atoms with van der Waals surface area (Å²) >= 11 is 5.97. The first kappa shape index (κ1) is 14.5. The summed E-state index contributed by atoms with van der Waals surface area (Å²) in [6, 6.07) is 8.82. The maximum absolute atomic E-state index is 12.4. The van der Waals surface area contributed by atoms with Gasteiger partial charge < -0.3 is 10.2 Å². The summed E-state index contributed by atoms with van der Waals surface area (Å²) < 4.78 is 0. The molecule has 3 rings (SSSR count). The number of carbonyl (C=O) groups is 2. The van der Waals surface area contributed by atoms with Crippen LogP contribution in [0.25, 0.3) is 11.3 Å². The second-order valence-electron chi connectivity index (χ2n) is 4.88. The lowest BCUT2D eigenvalue weighted by Crippen LogP contribution is -2.50. The van der Waals surface area contributed by atoms with Crippen LogP contribution in [0.5, 0.6) is 0 Å². The van der Waals surface area contributed by atoms with Crippen molar-refractivity contribution in [3.63, 3.8) is 0 Å². The van der Waals surface area contributed by atoms with Crippen LogP contribution >= 0.6 is 11.6 Å². The first-order valence-corrected chi connectivity index (χ1v) is 7.15. The molecule has 1 saturated heterocycles. The third-order valence-corrected chi connectivity index (χ3v) is 3.57. The van der Waals surface area contributed by atoms with Crippen molar-refractivity contribution in [3.05, 3.63) is 47.4 Å². The molecule has 1 aromatic heterocycles. The lowest BCUT2D eigenvalue weighted by Gasteiger charge is -2.26. The molecule has 2 amide bonds. The maximum atomic E-state index is 12.4. The van der Waals surface area contributed by atoms with Gasteiger partial charge in [0.25, 0.3) is 5.91 Å². The topological polar surface area (TPSA) is 75.2 Å². The van der Waals surface area contributed by atoms with Crippen LogP contribution in [0, 0.1) is 0 Å². The van der Waals surface area contributed by atoms with Crippen LogP contribution in [0.2, 0.25) is 5.02 Å². The van der Waals surface area contributed by atoms with E-state index >= 15 is 0 Å². The Balaban J connectivity index is 1.87. The van der Waals surface area contributed by atoms with Crippen molar-refractivity contribution in [2.45, 2.75) is 0 Å². The number of hydrogen-bond acceptors (Lipinski definition) is 4. The molecule has 0 spiro atoms. The van der Waals surface area contributed by atoms with Crippen LogP contribution in [0.1, 0.15) is 10.5 Å². The van der Waals surface area contributed by atoms with Crippen LogP contribution in [-0.2, 0) is 4.79 Å². The molecule has 22 heavy (non-hydrogen) atoms. The van der Waals surface area contributed by atoms with Crippen molar-refractivity contribution in [2.24, 2.45) is 0 Å². The number of carbonyl (C=O) groups excluding carboxylic acids is 2. The van der Waals surface area contributed by atoms with E-state index in [9.17, 15) is 9.59 Å². The van der Waals surface area contributed by atoms with E-state index < -0.39 is 0 Å². The number of nitrogens with one attached hydrogen (secondary N) is 1. The second-order valence-corrected chi connectivity index (χ2v) is 5.31. The minimum absolute atomic E-state index is 0.0509. The third kappa shape index (κ3) is 3.07. The van der Waals surface area contributed by atoms with E-state index in [4.69, 9.17) is 11.6 Å². The van der Waals surface area contributed by atoms with Crippen LogP contribution < -0.4 is 5.32 Å². The van der Waals surface area contributed by atoms with Crippen molar-refractivity contribution in [1.82, 2.24) is 20.2 Å². The van der Waals surface area contributed by atoms with Gasteiger partial charge in [-0.3, -0.25) is 9.59 Å².